The van der Waals surface area contributed by atoms with Crippen molar-refractivity contribution in [1.29, 1.82) is 5.41 Å². The normalized spacial score (nSPS) is 10.5. The highest BCUT2D eigenvalue weighted by Crippen LogP contribution is 2.35. The summed E-state index contributed by atoms with van der Waals surface area (Å²) >= 11 is 4.13. The van der Waals surface area contributed by atoms with Crippen LogP contribution in [-0.4, -0.2) is 10.8 Å². The van der Waals surface area contributed by atoms with E-state index in [1.807, 2.05) is 0 Å². The van der Waals surface area contributed by atoms with Crippen molar-refractivity contribution < 1.29 is 8.78 Å². The molecule has 3 N–H and O–H groups in total. The first-order chi connectivity index (χ1) is 8.99. The van der Waals surface area contributed by atoms with Crippen LogP contribution in [0.25, 0.3) is 0 Å². The molecule has 0 aliphatic rings. The van der Waals surface area contributed by atoms with E-state index in [2.05, 4.69) is 20.9 Å². The second-order valence-corrected chi connectivity index (χ2v) is 5.43. The van der Waals surface area contributed by atoms with E-state index >= 15 is 0 Å². The lowest BCUT2D eigenvalue weighted by molar-refractivity contribution is 0.540. The van der Waals surface area contributed by atoms with Crippen LogP contribution in [-0.2, 0) is 0 Å². The zero-order valence-corrected chi connectivity index (χ0v) is 11.9. The largest absolute Gasteiger partial charge is 0.384 e. The highest BCUT2D eigenvalue weighted by molar-refractivity contribution is 9.10. The fourth-order valence-electron chi connectivity index (χ4n) is 1.36. The zero-order chi connectivity index (χ0) is 14.0. The number of nitrogens with two attached hydrogens (primary N) is 1. The molecular weight excluding hydrogens is 336 g/mol. The van der Waals surface area contributed by atoms with Gasteiger partial charge in [0.15, 0.2) is 0 Å². The van der Waals surface area contributed by atoms with Gasteiger partial charge < -0.3 is 5.73 Å². The quantitative estimate of drug-likeness (QED) is 0.661. The summed E-state index contributed by atoms with van der Waals surface area (Å²) < 4.78 is 28.3. The van der Waals surface area contributed by atoms with Gasteiger partial charge in [0.25, 0.3) is 0 Å². The van der Waals surface area contributed by atoms with Crippen molar-refractivity contribution in [1.82, 2.24) is 4.98 Å². The Morgan fingerprint density at radius 3 is 2.47 bits per heavy atom. The molecule has 3 nitrogen and oxygen atoms in total. The van der Waals surface area contributed by atoms with Gasteiger partial charge in [0.05, 0.1) is 9.37 Å². The molecule has 98 valence electrons. The van der Waals surface area contributed by atoms with Gasteiger partial charge in [0.1, 0.15) is 22.5 Å². The third kappa shape index (κ3) is 3.10. The highest BCUT2D eigenvalue weighted by atomic mass is 79.9. The van der Waals surface area contributed by atoms with Crippen molar-refractivity contribution in [3.63, 3.8) is 0 Å². The van der Waals surface area contributed by atoms with Crippen LogP contribution in [0.3, 0.4) is 0 Å². The Kier molecular flexibility index (Phi) is 4.16. The smallest absolute Gasteiger partial charge is 0.140 e. The second kappa shape index (κ2) is 5.66. The summed E-state index contributed by atoms with van der Waals surface area (Å²) in [6.07, 6.45) is 1.53. The lowest BCUT2D eigenvalue weighted by Crippen LogP contribution is -2.12. The predicted octanol–water partition coefficient (Wildman–Crippen LogP) is 3.56. The van der Waals surface area contributed by atoms with E-state index in [-0.39, 0.29) is 16.3 Å². The van der Waals surface area contributed by atoms with Gasteiger partial charge in [-0.15, -0.1) is 0 Å². The standard InChI is InChI=1S/C12H8BrF2N3S/c13-7-2-1-3-18-12(7)19-10-8(14)4-6(11(16)17)5-9(10)15/h1-5H,(H3,16,17). The third-order valence-corrected chi connectivity index (χ3v) is 4.25. The second-order valence-electron chi connectivity index (χ2n) is 3.58. The van der Waals surface area contributed by atoms with E-state index in [0.29, 0.717) is 9.50 Å². The number of pyridine rings is 1. The third-order valence-electron chi connectivity index (χ3n) is 2.23. The minimum absolute atomic E-state index is 0.0134. The molecule has 1 aromatic heterocycles. The van der Waals surface area contributed by atoms with Gasteiger partial charge in [-0.3, -0.25) is 5.41 Å². The Morgan fingerprint density at radius 1 is 1.32 bits per heavy atom. The van der Waals surface area contributed by atoms with E-state index in [9.17, 15) is 8.78 Å². The topological polar surface area (TPSA) is 62.8 Å². The summed E-state index contributed by atoms with van der Waals surface area (Å²) in [5.41, 5.74) is 5.21. The van der Waals surface area contributed by atoms with Gasteiger partial charge in [-0.25, -0.2) is 13.8 Å². The Bertz CT molecular complexity index is 626. The molecule has 0 saturated heterocycles. The van der Waals surface area contributed by atoms with E-state index in [0.717, 1.165) is 23.9 Å². The molecule has 0 bridgehead atoms. The van der Waals surface area contributed by atoms with Crippen molar-refractivity contribution >= 4 is 33.5 Å². The monoisotopic (exact) mass is 343 g/mol. The van der Waals surface area contributed by atoms with Gasteiger partial charge in [-0.2, -0.15) is 0 Å². The number of aromatic nitrogens is 1. The Hall–Kier alpha value is -1.47. The number of nitrogen functional groups attached to an aromatic ring is 1. The van der Waals surface area contributed by atoms with Crippen molar-refractivity contribution in [2.24, 2.45) is 5.73 Å². The number of halogens is 3. The molecular formula is C12H8BrF2N3S. The zero-order valence-electron chi connectivity index (χ0n) is 9.45. The van der Waals surface area contributed by atoms with E-state index in [1.54, 1.807) is 12.1 Å². The summed E-state index contributed by atoms with van der Waals surface area (Å²) in [5.74, 6) is -1.92. The maximum atomic E-state index is 13.8. The molecule has 0 saturated carbocycles. The Balaban J connectivity index is 2.42. The van der Waals surface area contributed by atoms with Crippen molar-refractivity contribution in [2.75, 3.05) is 0 Å². The average Bonchev–Trinajstić information content (AvgIpc) is 2.35. The predicted molar refractivity (Wildman–Crippen MR) is 73.4 cm³/mol. The number of nitrogens with one attached hydrogen (secondary N) is 1. The Labute approximate surface area is 120 Å². The molecule has 0 spiro atoms. The molecule has 0 radical (unpaired) electrons. The summed E-state index contributed by atoms with van der Waals surface area (Å²) in [5, 5.41) is 7.63. The minimum Gasteiger partial charge on any atom is -0.384 e. The molecule has 2 rings (SSSR count). The van der Waals surface area contributed by atoms with Crippen LogP contribution >= 0.6 is 27.7 Å². The van der Waals surface area contributed by atoms with Crippen LogP contribution in [0.4, 0.5) is 8.78 Å². The first-order valence-corrected chi connectivity index (χ1v) is 6.72. The molecule has 0 unspecified atom stereocenters. The lowest BCUT2D eigenvalue weighted by Gasteiger charge is -2.07. The molecule has 2 aromatic rings. The van der Waals surface area contributed by atoms with Gasteiger partial charge >= 0.3 is 0 Å². The van der Waals surface area contributed by atoms with Gasteiger partial charge in [-0.1, -0.05) is 11.8 Å². The van der Waals surface area contributed by atoms with Crippen molar-refractivity contribution in [3.05, 3.63) is 52.1 Å². The van der Waals surface area contributed by atoms with Crippen LogP contribution in [0, 0.1) is 17.0 Å². The highest BCUT2D eigenvalue weighted by Gasteiger charge is 2.15. The van der Waals surface area contributed by atoms with Gasteiger partial charge in [0, 0.05) is 11.8 Å². The number of hydrogen-bond donors (Lipinski definition) is 2. The first-order valence-electron chi connectivity index (χ1n) is 5.11. The number of hydrogen-bond acceptors (Lipinski definition) is 3. The van der Waals surface area contributed by atoms with Crippen LogP contribution in [0.5, 0.6) is 0 Å². The van der Waals surface area contributed by atoms with Crippen LogP contribution in [0.15, 0.2) is 44.9 Å². The van der Waals surface area contributed by atoms with Crippen LogP contribution in [0.1, 0.15) is 5.56 Å². The fraction of sp³-hybridized carbons (Fsp3) is 0. The number of amidine groups is 1. The molecule has 0 aliphatic heterocycles. The molecule has 0 aliphatic carbocycles. The molecule has 19 heavy (non-hydrogen) atoms. The number of rotatable bonds is 3. The van der Waals surface area contributed by atoms with Crippen molar-refractivity contribution in [3.8, 4) is 0 Å². The van der Waals surface area contributed by atoms with E-state index in [4.69, 9.17) is 11.1 Å². The van der Waals surface area contributed by atoms with Gasteiger partial charge in [0.2, 0.25) is 0 Å². The number of nitrogens with zero attached hydrogens (tertiary/aromatic N) is 1. The van der Waals surface area contributed by atoms with Crippen LogP contribution < -0.4 is 5.73 Å². The minimum atomic E-state index is -0.771. The molecule has 7 heteroatoms. The maximum Gasteiger partial charge on any atom is 0.140 e. The van der Waals surface area contributed by atoms with E-state index in [1.165, 1.54) is 6.20 Å². The molecule has 0 fully saturated rings. The Morgan fingerprint density at radius 2 is 1.95 bits per heavy atom. The fourth-order valence-corrected chi connectivity index (χ4v) is 2.64. The summed E-state index contributed by atoms with van der Waals surface area (Å²) in [6.45, 7) is 0. The maximum absolute atomic E-state index is 13.8. The SMILES string of the molecule is N=C(N)c1cc(F)c(Sc2ncccc2Br)c(F)c1. The molecule has 0 amide bonds. The van der Waals surface area contributed by atoms with E-state index < -0.39 is 11.6 Å². The summed E-state index contributed by atoms with van der Waals surface area (Å²) in [6, 6.07) is 5.50. The molecule has 1 heterocycles. The lowest BCUT2D eigenvalue weighted by atomic mass is 10.2. The average molecular weight is 344 g/mol. The van der Waals surface area contributed by atoms with Gasteiger partial charge in [-0.05, 0) is 40.2 Å². The van der Waals surface area contributed by atoms with Crippen molar-refractivity contribution in [2.45, 2.75) is 9.92 Å². The molecule has 1 aromatic carbocycles. The molecule has 0 atom stereocenters. The van der Waals surface area contributed by atoms with Crippen LogP contribution in [0.2, 0.25) is 0 Å². The summed E-state index contributed by atoms with van der Waals surface area (Å²) in [7, 11) is 0. The first kappa shape index (κ1) is 14.0. The number of benzene rings is 1. The summed E-state index contributed by atoms with van der Waals surface area (Å²) in [4.78, 5) is 3.85.